The monoisotopic (exact) mass is 253 g/mol. The number of halogens is 3. The summed E-state index contributed by atoms with van der Waals surface area (Å²) >= 11 is 0. The number of nitrogens with one attached hydrogen (secondary N) is 1. The van der Waals surface area contributed by atoms with E-state index in [9.17, 15) is 22.8 Å². The Balaban J connectivity index is 2.71. The summed E-state index contributed by atoms with van der Waals surface area (Å²) < 4.78 is 37.4. The number of nitrogens with zero attached hydrogens (tertiary/aromatic N) is 1. The zero-order chi connectivity index (χ0) is 13.4. The predicted octanol–water partition coefficient (Wildman–Crippen LogP) is -0.387. The molecule has 0 spiro atoms. The van der Waals surface area contributed by atoms with Gasteiger partial charge in [-0.05, 0) is 13.3 Å². The number of likely N-dealkylation sites (N-methyl/N-ethyl adjacent to an activating group) is 1. The van der Waals surface area contributed by atoms with Gasteiger partial charge in [-0.25, -0.2) is 0 Å². The summed E-state index contributed by atoms with van der Waals surface area (Å²) in [7, 11) is 1.51. The maximum absolute atomic E-state index is 12.5. The third-order valence-electron chi connectivity index (χ3n) is 2.79. The van der Waals surface area contributed by atoms with Crippen LogP contribution in [0, 0.1) is 0 Å². The van der Waals surface area contributed by atoms with Gasteiger partial charge in [-0.1, -0.05) is 0 Å². The second kappa shape index (κ2) is 4.17. The molecule has 2 unspecified atom stereocenters. The van der Waals surface area contributed by atoms with Crippen LogP contribution in [0.5, 0.6) is 0 Å². The molecule has 0 aliphatic carbocycles. The highest BCUT2D eigenvalue weighted by molar-refractivity contribution is 5.93. The van der Waals surface area contributed by atoms with Gasteiger partial charge in [0.2, 0.25) is 11.8 Å². The minimum Gasteiger partial charge on any atom is -0.344 e. The van der Waals surface area contributed by atoms with Crippen LogP contribution in [0.4, 0.5) is 13.2 Å². The van der Waals surface area contributed by atoms with Gasteiger partial charge in [0, 0.05) is 13.6 Å². The molecule has 1 saturated heterocycles. The van der Waals surface area contributed by atoms with E-state index in [1.54, 1.807) is 0 Å². The van der Waals surface area contributed by atoms with Gasteiger partial charge < -0.3 is 16.0 Å². The summed E-state index contributed by atoms with van der Waals surface area (Å²) in [5.74, 6) is -1.80. The number of carbonyl (C=O) groups excluding carboxylic acids is 2. The van der Waals surface area contributed by atoms with Crippen LogP contribution < -0.4 is 11.1 Å². The first-order valence-corrected chi connectivity index (χ1v) is 4.99. The standard InChI is InChI=1S/C9H14F3N3O2/c1-8(13,9(10,11)12)7(17)14-5-3-4-15(2)6(5)16/h5H,3-4,13H2,1-2H3,(H,14,17). The molecule has 1 rings (SSSR count). The average molecular weight is 253 g/mol. The van der Waals surface area contributed by atoms with Crippen LogP contribution in [0.25, 0.3) is 0 Å². The molecule has 0 radical (unpaired) electrons. The topological polar surface area (TPSA) is 75.4 Å². The fraction of sp³-hybridized carbons (Fsp3) is 0.778. The number of likely N-dealkylation sites (tertiary alicyclic amines) is 1. The maximum atomic E-state index is 12.5. The minimum absolute atomic E-state index is 0.287. The first-order valence-electron chi connectivity index (χ1n) is 4.99. The molecule has 5 nitrogen and oxygen atoms in total. The van der Waals surface area contributed by atoms with E-state index < -0.39 is 29.6 Å². The van der Waals surface area contributed by atoms with Gasteiger partial charge in [-0.2, -0.15) is 13.2 Å². The lowest BCUT2D eigenvalue weighted by Gasteiger charge is -2.27. The molecule has 1 aliphatic rings. The van der Waals surface area contributed by atoms with Crippen molar-refractivity contribution in [2.45, 2.75) is 31.1 Å². The Bertz CT molecular complexity index is 341. The van der Waals surface area contributed by atoms with Crippen molar-refractivity contribution in [3.63, 3.8) is 0 Å². The van der Waals surface area contributed by atoms with Gasteiger partial charge in [0.25, 0.3) is 0 Å². The van der Waals surface area contributed by atoms with Crippen LogP contribution in [0.15, 0.2) is 0 Å². The lowest BCUT2D eigenvalue weighted by Crippen LogP contribution is -2.63. The van der Waals surface area contributed by atoms with Crippen LogP contribution in [0.1, 0.15) is 13.3 Å². The fourth-order valence-electron chi connectivity index (χ4n) is 1.39. The van der Waals surface area contributed by atoms with Crippen LogP contribution >= 0.6 is 0 Å². The third kappa shape index (κ3) is 2.51. The molecule has 8 heteroatoms. The van der Waals surface area contributed by atoms with Gasteiger partial charge >= 0.3 is 6.18 Å². The quantitative estimate of drug-likeness (QED) is 0.704. The zero-order valence-corrected chi connectivity index (χ0v) is 9.47. The molecular formula is C9H14F3N3O2. The molecule has 0 saturated carbocycles. The molecular weight excluding hydrogens is 239 g/mol. The normalized spacial score (nSPS) is 24.7. The number of hydrogen-bond acceptors (Lipinski definition) is 3. The highest BCUT2D eigenvalue weighted by atomic mass is 19.4. The third-order valence-corrected chi connectivity index (χ3v) is 2.79. The van der Waals surface area contributed by atoms with E-state index >= 15 is 0 Å². The Morgan fingerprint density at radius 3 is 2.41 bits per heavy atom. The molecule has 2 atom stereocenters. The highest BCUT2D eigenvalue weighted by Crippen LogP contribution is 2.28. The Labute approximate surface area is 96.1 Å². The van der Waals surface area contributed by atoms with Crippen molar-refractivity contribution in [1.82, 2.24) is 10.2 Å². The van der Waals surface area contributed by atoms with Gasteiger partial charge in [0.05, 0.1) is 0 Å². The van der Waals surface area contributed by atoms with Crippen molar-refractivity contribution in [1.29, 1.82) is 0 Å². The van der Waals surface area contributed by atoms with Crippen LogP contribution in [0.3, 0.4) is 0 Å². The van der Waals surface area contributed by atoms with E-state index in [1.807, 2.05) is 5.32 Å². The summed E-state index contributed by atoms with van der Waals surface area (Å²) in [6, 6.07) is -0.919. The Hall–Kier alpha value is -1.31. The molecule has 0 bridgehead atoms. The number of rotatable bonds is 2. The molecule has 3 N–H and O–H groups in total. The molecule has 0 aromatic heterocycles. The number of nitrogens with two attached hydrogens (primary N) is 1. The van der Waals surface area contributed by atoms with Crippen molar-refractivity contribution < 1.29 is 22.8 Å². The summed E-state index contributed by atoms with van der Waals surface area (Å²) in [6.07, 6.45) is -4.57. The van der Waals surface area contributed by atoms with E-state index in [4.69, 9.17) is 5.73 Å². The van der Waals surface area contributed by atoms with Gasteiger partial charge in [0.15, 0.2) is 5.54 Å². The van der Waals surface area contributed by atoms with Crippen molar-refractivity contribution in [2.24, 2.45) is 5.73 Å². The van der Waals surface area contributed by atoms with Gasteiger partial charge in [0.1, 0.15) is 6.04 Å². The molecule has 2 amide bonds. The summed E-state index contributed by atoms with van der Waals surface area (Å²) in [6.45, 7) is 0.975. The van der Waals surface area contributed by atoms with Gasteiger partial charge in [-0.15, -0.1) is 0 Å². The zero-order valence-electron chi connectivity index (χ0n) is 9.47. The fourth-order valence-corrected chi connectivity index (χ4v) is 1.39. The number of hydrogen-bond donors (Lipinski definition) is 2. The van der Waals surface area contributed by atoms with Crippen LogP contribution in [-0.2, 0) is 9.59 Å². The molecule has 1 heterocycles. The second-order valence-electron chi connectivity index (χ2n) is 4.27. The van der Waals surface area contributed by atoms with E-state index in [2.05, 4.69) is 0 Å². The van der Waals surface area contributed by atoms with Crippen molar-refractivity contribution >= 4 is 11.8 Å². The van der Waals surface area contributed by atoms with E-state index in [1.165, 1.54) is 11.9 Å². The van der Waals surface area contributed by atoms with E-state index in [0.717, 1.165) is 0 Å². The number of alkyl halides is 3. The number of carbonyl (C=O) groups is 2. The molecule has 1 fully saturated rings. The van der Waals surface area contributed by atoms with Crippen molar-refractivity contribution in [2.75, 3.05) is 13.6 Å². The van der Waals surface area contributed by atoms with Crippen molar-refractivity contribution in [3.8, 4) is 0 Å². The molecule has 17 heavy (non-hydrogen) atoms. The summed E-state index contributed by atoms with van der Waals surface area (Å²) in [5.41, 5.74) is 1.94. The van der Waals surface area contributed by atoms with Gasteiger partial charge in [-0.3, -0.25) is 9.59 Å². The van der Waals surface area contributed by atoms with E-state index in [0.29, 0.717) is 13.5 Å². The smallest absolute Gasteiger partial charge is 0.344 e. The van der Waals surface area contributed by atoms with Crippen LogP contribution in [-0.4, -0.2) is 48.1 Å². The lowest BCUT2D eigenvalue weighted by atomic mass is 10.0. The minimum atomic E-state index is -4.86. The molecule has 1 aliphatic heterocycles. The first-order chi connectivity index (χ1) is 7.57. The average Bonchev–Trinajstić information content (AvgIpc) is 2.47. The summed E-state index contributed by atoms with van der Waals surface area (Å²) in [5, 5.41) is 2.03. The predicted molar refractivity (Wildman–Crippen MR) is 52.8 cm³/mol. The second-order valence-corrected chi connectivity index (χ2v) is 4.27. The molecule has 98 valence electrons. The van der Waals surface area contributed by atoms with Crippen LogP contribution in [0.2, 0.25) is 0 Å². The molecule has 0 aromatic carbocycles. The Morgan fingerprint density at radius 1 is 1.53 bits per heavy atom. The lowest BCUT2D eigenvalue weighted by molar-refractivity contribution is -0.188. The SMILES string of the molecule is CN1CCC(NC(=O)C(C)(N)C(F)(F)F)C1=O. The number of amides is 2. The largest absolute Gasteiger partial charge is 0.415 e. The van der Waals surface area contributed by atoms with E-state index in [-0.39, 0.29) is 6.42 Å². The highest BCUT2D eigenvalue weighted by Gasteiger charge is 2.54. The maximum Gasteiger partial charge on any atom is 0.415 e. The Morgan fingerprint density at radius 2 is 2.06 bits per heavy atom. The first kappa shape index (κ1) is 13.8. The molecule has 0 aromatic rings. The Kier molecular flexibility index (Phi) is 3.37. The summed E-state index contributed by atoms with van der Waals surface area (Å²) in [4.78, 5) is 24.1. The van der Waals surface area contributed by atoms with Crippen molar-refractivity contribution in [3.05, 3.63) is 0 Å².